The summed E-state index contributed by atoms with van der Waals surface area (Å²) in [4.78, 5) is 12.5. The van der Waals surface area contributed by atoms with E-state index >= 15 is 0 Å². The molecule has 0 aromatic heterocycles. The van der Waals surface area contributed by atoms with Gasteiger partial charge in [0.2, 0.25) is 0 Å². The molecule has 3 aromatic rings. The monoisotopic (exact) mass is 432 g/mol. The molecule has 3 rings (SSSR count). The van der Waals surface area contributed by atoms with Crippen LogP contribution in [0.5, 0.6) is 11.5 Å². The minimum Gasteiger partial charge on any atom is -0.494 e. The number of benzene rings is 3. The Morgan fingerprint density at radius 3 is 1.97 bits per heavy atom. The Kier molecular flexibility index (Phi) is 8.88. The zero-order valence-electron chi connectivity index (χ0n) is 19.2. The standard InChI is InChI=1S/C28H32O4/c1-4-5-6-7-20-31-26-16-14-24(15-17-26)23-8-10-25(11-9-23)28(29)32-27-18-12-22(13-19-27)21(2)30-3/h8-19,21H,4-7,20H2,1-3H3. The fourth-order valence-corrected chi connectivity index (χ4v) is 3.37. The van der Waals surface area contributed by atoms with Crippen molar-refractivity contribution in [3.8, 4) is 22.6 Å². The van der Waals surface area contributed by atoms with Crippen molar-refractivity contribution in [2.24, 2.45) is 0 Å². The van der Waals surface area contributed by atoms with Crippen molar-refractivity contribution in [2.45, 2.75) is 45.6 Å². The van der Waals surface area contributed by atoms with E-state index in [0.29, 0.717) is 11.3 Å². The zero-order chi connectivity index (χ0) is 22.8. The molecule has 0 aliphatic carbocycles. The van der Waals surface area contributed by atoms with E-state index < -0.39 is 0 Å². The molecule has 168 valence electrons. The second-order valence-electron chi connectivity index (χ2n) is 7.85. The third kappa shape index (κ3) is 6.69. The van der Waals surface area contributed by atoms with Crippen LogP contribution in [-0.2, 0) is 4.74 Å². The topological polar surface area (TPSA) is 44.8 Å². The number of methoxy groups -OCH3 is 1. The Bertz CT molecular complexity index is 960. The molecule has 0 radical (unpaired) electrons. The summed E-state index contributed by atoms with van der Waals surface area (Å²) in [6, 6.07) is 22.9. The Morgan fingerprint density at radius 2 is 1.38 bits per heavy atom. The van der Waals surface area contributed by atoms with Crippen molar-refractivity contribution in [1.29, 1.82) is 0 Å². The zero-order valence-corrected chi connectivity index (χ0v) is 19.2. The molecule has 4 nitrogen and oxygen atoms in total. The van der Waals surface area contributed by atoms with E-state index in [4.69, 9.17) is 14.2 Å². The highest BCUT2D eigenvalue weighted by molar-refractivity contribution is 5.91. The van der Waals surface area contributed by atoms with Crippen LogP contribution < -0.4 is 9.47 Å². The smallest absolute Gasteiger partial charge is 0.343 e. The van der Waals surface area contributed by atoms with Crippen LogP contribution in [0.25, 0.3) is 11.1 Å². The highest BCUT2D eigenvalue weighted by atomic mass is 16.5. The Morgan fingerprint density at radius 1 is 0.781 bits per heavy atom. The number of unbranched alkanes of at least 4 members (excludes halogenated alkanes) is 3. The third-order valence-electron chi connectivity index (χ3n) is 5.49. The lowest BCUT2D eigenvalue weighted by Gasteiger charge is -2.11. The number of esters is 1. The summed E-state index contributed by atoms with van der Waals surface area (Å²) < 4.78 is 16.6. The van der Waals surface area contributed by atoms with E-state index in [-0.39, 0.29) is 12.1 Å². The molecule has 1 atom stereocenters. The minimum atomic E-state index is -0.379. The molecule has 0 amide bonds. The van der Waals surface area contributed by atoms with E-state index in [1.54, 1.807) is 31.4 Å². The number of carbonyl (C=O) groups is 1. The predicted octanol–water partition coefficient (Wildman–Crippen LogP) is 7.24. The summed E-state index contributed by atoms with van der Waals surface area (Å²) in [5, 5.41) is 0. The van der Waals surface area contributed by atoms with Gasteiger partial charge in [-0.1, -0.05) is 62.6 Å². The number of hydrogen-bond donors (Lipinski definition) is 0. The second kappa shape index (κ2) is 12.1. The van der Waals surface area contributed by atoms with Gasteiger partial charge in [0.25, 0.3) is 0 Å². The van der Waals surface area contributed by atoms with Gasteiger partial charge in [-0.05, 0) is 66.4 Å². The number of rotatable bonds is 11. The van der Waals surface area contributed by atoms with Crippen LogP contribution in [0.3, 0.4) is 0 Å². The quantitative estimate of drug-likeness (QED) is 0.182. The number of carbonyl (C=O) groups excluding carboxylic acids is 1. The van der Waals surface area contributed by atoms with Gasteiger partial charge in [0.1, 0.15) is 11.5 Å². The van der Waals surface area contributed by atoms with Gasteiger partial charge in [-0.2, -0.15) is 0 Å². The first-order valence-electron chi connectivity index (χ1n) is 11.3. The maximum Gasteiger partial charge on any atom is 0.343 e. The first-order chi connectivity index (χ1) is 15.6. The molecular formula is C28H32O4. The van der Waals surface area contributed by atoms with Crippen molar-refractivity contribution >= 4 is 5.97 Å². The summed E-state index contributed by atoms with van der Waals surface area (Å²) in [5.41, 5.74) is 3.65. The van der Waals surface area contributed by atoms with Gasteiger partial charge in [0.15, 0.2) is 0 Å². The molecule has 0 aliphatic rings. The maximum atomic E-state index is 12.5. The minimum absolute atomic E-state index is 0.00119. The Balaban J connectivity index is 1.55. The maximum absolute atomic E-state index is 12.5. The van der Waals surface area contributed by atoms with Gasteiger partial charge in [-0.3, -0.25) is 0 Å². The fraction of sp³-hybridized carbons (Fsp3) is 0.321. The predicted molar refractivity (Wildman–Crippen MR) is 128 cm³/mol. The molecule has 0 bridgehead atoms. The second-order valence-corrected chi connectivity index (χ2v) is 7.85. The third-order valence-corrected chi connectivity index (χ3v) is 5.49. The van der Waals surface area contributed by atoms with Crippen LogP contribution >= 0.6 is 0 Å². The summed E-state index contributed by atoms with van der Waals surface area (Å²) in [5.74, 6) is 1.02. The van der Waals surface area contributed by atoms with Gasteiger partial charge in [0, 0.05) is 7.11 Å². The molecule has 0 fully saturated rings. The molecule has 0 saturated heterocycles. The van der Waals surface area contributed by atoms with Crippen molar-refractivity contribution < 1.29 is 19.0 Å². The SMILES string of the molecule is CCCCCCOc1ccc(-c2ccc(C(=O)Oc3ccc(C(C)OC)cc3)cc2)cc1. The molecule has 0 saturated carbocycles. The van der Waals surface area contributed by atoms with Crippen molar-refractivity contribution in [1.82, 2.24) is 0 Å². The van der Waals surface area contributed by atoms with E-state index in [0.717, 1.165) is 35.5 Å². The molecular weight excluding hydrogens is 400 g/mol. The molecule has 4 heteroatoms. The van der Waals surface area contributed by atoms with Crippen molar-refractivity contribution in [3.63, 3.8) is 0 Å². The van der Waals surface area contributed by atoms with Crippen molar-refractivity contribution in [2.75, 3.05) is 13.7 Å². The Labute approximate surface area is 191 Å². The average molecular weight is 433 g/mol. The van der Waals surface area contributed by atoms with Gasteiger partial charge >= 0.3 is 5.97 Å². The van der Waals surface area contributed by atoms with Gasteiger partial charge in [-0.15, -0.1) is 0 Å². The molecule has 0 N–H and O–H groups in total. The molecule has 0 aliphatic heterocycles. The summed E-state index contributed by atoms with van der Waals surface area (Å²) in [6.45, 7) is 4.93. The lowest BCUT2D eigenvalue weighted by molar-refractivity contribution is 0.0734. The van der Waals surface area contributed by atoms with Crippen LogP contribution in [-0.4, -0.2) is 19.7 Å². The molecule has 3 aromatic carbocycles. The largest absolute Gasteiger partial charge is 0.494 e. The van der Waals surface area contributed by atoms with Gasteiger partial charge in [0.05, 0.1) is 18.3 Å². The number of ether oxygens (including phenoxy) is 3. The van der Waals surface area contributed by atoms with Crippen molar-refractivity contribution in [3.05, 3.63) is 83.9 Å². The van der Waals surface area contributed by atoms with Crippen LogP contribution in [0.4, 0.5) is 0 Å². The molecule has 1 unspecified atom stereocenters. The lowest BCUT2D eigenvalue weighted by atomic mass is 10.0. The van der Waals surface area contributed by atoms with Gasteiger partial charge in [-0.25, -0.2) is 4.79 Å². The van der Waals surface area contributed by atoms with Crippen LogP contribution in [0.2, 0.25) is 0 Å². The van der Waals surface area contributed by atoms with Crippen LogP contribution in [0.1, 0.15) is 61.6 Å². The highest BCUT2D eigenvalue weighted by Gasteiger charge is 2.10. The Hall–Kier alpha value is -3.11. The van der Waals surface area contributed by atoms with E-state index in [2.05, 4.69) is 6.92 Å². The van der Waals surface area contributed by atoms with E-state index in [9.17, 15) is 4.79 Å². The van der Waals surface area contributed by atoms with Gasteiger partial charge < -0.3 is 14.2 Å². The summed E-state index contributed by atoms with van der Waals surface area (Å²) in [6.07, 6.45) is 4.78. The first kappa shape index (κ1) is 23.6. The van der Waals surface area contributed by atoms with Crippen LogP contribution in [0, 0.1) is 0 Å². The lowest BCUT2D eigenvalue weighted by Crippen LogP contribution is -2.08. The summed E-state index contributed by atoms with van der Waals surface area (Å²) >= 11 is 0. The fourth-order valence-electron chi connectivity index (χ4n) is 3.37. The summed E-state index contributed by atoms with van der Waals surface area (Å²) in [7, 11) is 1.67. The highest BCUT2D eigenvalue weighted by Crippen LogP contribution is 2.24. The normalized spacial score (nSPS) is 11.7. The van der Waals surface area contributed by atoms with E-state index in [1.807, 2.05) is 55.5 Å². The molecule has 0 heterocycles. The number of hydrogen-bond acceptors (Lipinski definition) is 4. The van der Waals surface area contributed by atoms with E-state index in [1.165, 1.54) is 19.3 Å². The van der Waals surface area contributed by atoms with Crippen LogP contribution in [0.15, 0.2) is 72.8 Å². The average Bonchev–Trinajstić information content (AvgIpc) is 2.84. The molecule has 32 heavy (non-hydrogen) atoms. The molecule has 0 spiro atoms. The first-order valence-corrected chi connectivity index (χ1v) is 11.3.